The number of hydrogen-bond acceptors (Lipinski definition) is 4. The zero-order valence-electron chi connectivity index (χ0n) is 11.5. The number of aryl methyl sites for hydroxylation is 2. The van der Waals surface area contributed by atoms with Crippen LogP contribution in [-0.4, -0.2) is 32.1 Å². The molecule has 106 valence electrons. The van der Waals surface area contributed by atoms with Crippen molar-refractivity contribution in [2.45, 2.75) is 31.7 Å². The van der Waals surface area contributed by atoms with E-state index >= 15 is 0 Å². The van der Waals surface area contributed by atoms with E-state index < -0.39 is 0 Å². The van der Waals surface area contributed by atoms with Gasteiger partial charge in [-0.3, -0.25) is 9.48 Å². The number of nitrogens with zero attached hydrogens (tertiary/aromatic N) is 4. The Kier molecular flexibility index (Phi) is 3.82. The second-order valence-corrected chi connectivity index (χ2v) is 5.89. The van der Waals surface area contributed by atoms with Crippen LogP contribution in [0.1, 0.15) is 36.6 Å². The van der Waals surface area contributed by atoms with Crippen LogP contribution in [0.3, 0.4) is 0 Å². The van der Waals surface area contributed by atoms with Gasteiger partial charge in [0.2, 0.25) is 5.91 Å². The molecule has 0 unspecified atom stereocenters. The van der Waals surface area contributed by atoms with Gasteiger partial charge in [-0.2, -0.15) is 5.10 Å². The molecule has 0 aliphatic carbocycles. The molecular formula is C14H18N4OS. The van der Waals surface area contributed by atoms with Crippen LogP contribution in [0.4, 0.5) is 0 Å². The molecule has 20 heavy (non-hydrogen) atoms. The Balaban J connectivity index is 1.64. The SMILES string of the molecule is Cn1cc([C@H]2CCCN2C(=O)CCc2cscn2)cn1. The third-order valence-electron chi connectivity index (χ3n) is 3.76. The van der Waals surface area contributed by atoms with Gasteiger partial charge in [-0.25, -0.2) is 4.98 Å². The van der Waals surface area contributed by atoms with E-state index in [0.717, 1.165) is 37.1 Å². The molecular weight excluding hydrogens is 272 g/mol. The second kappa shape index (κ2) is 5.75. The van der Waals surface area contributed by atoms with Crippen LogP contribution < -0.4 is 0 Å². The molecule has 1 atom stereocenters. The summed E-state index contributed by atoms with van der Waals surface area (Å²) in [7, 11) is 1.91. The third kappa shape index (κ3) is 2.75. The number of rotatable bonds is 4. The van der Waals surface area contributed by atoms with Crippen molar-refractivity contribution in [3.8, 4) is 0 Å². The summed E-state index contributed by atoms with van der Waals surface area (Å²) in [5.41, 5.74) is 3.97. The Morgan fingerprint density at radius 3 is 3.15 bits per heavy atom. The highest BCUT2D eigenvalue weighted by atomic mass is 32.1. The highest BCUT2D eigenvalue weighted by molar-refractivity contribution is 7.07. The molecule has 1 fully saturated rings. The van der Waals surface area contributed by atoms with Gasteiger partial charge in [0.15, 0.2) is 0 Å². The summed E-state index contributed by atoms with van der Waals surface area (Å²) >= 11 is 1.58. The van der Waals surface area contributed by atoms with E-state index in [-0.39, 0.29) is 11.9 Å². The fourth-order valence-electron chi connectivity index (χ4n) is 2.76. The predicted molar refractivity (Wildman–Crippen MR) is 77.3 cm³/mol. The summed E-state index contributed by atoms with van der Waals surface area (Å²) in [5, 5.41) is 6.22. The van der Waals surface area contributed by atoms with Crippen molar-refractivity contribution in [3.05, 3.63) is 34.5 Å². The summed E-state index contributed by atoms with van der Waals surface area (Å²) in [4.78, 5) is 18.6. The topological polar surface area (TPSA) is 51.0 Å². The van der Waals surface area contributed by atoms with Gasteiger partial charge in [-0.1, -0.05) is 0 Å². The van der Waals surface area contributed by atoms with Gasteiger partial charge in [0.05, 0.1) is 23.4 Å². The zero-order chi connectivity index (χ0) is 13.9. The number of carbonyl (C=O) groups is 1. The van der Waals surface area contributed by atoms with Gasteiger partial charge in [-0.15, -0.1) is 11.3 Å². The predicted octanol–water partition coefficient (Wildman–Crippen LogP) is 2.17. The molecule has 2 aromatic heterocycles. The molecule has 1 aliphatic rings. The van der Waals surface area contributed by atoms with Crippen molar-refractivity contribution in [2.24, 2.45) is 7.05 Å². The lowest BCUT2D eigenvalue weighted by atomic mass is 10.1. The maximum Gasteiger partial charge on any atom is 0.223 e. The summed E-state index contributed by atoms with van der Waals surface area (Å²) < 4.78 is 1.80. The molecule has 3 rings (SSSR count). The van der Waals surface area contributed by atoms with Crippen molar-refractivity contribution < 1.29 is 4.79 Å². The average molecular weight is 290 g/mol. The minimum Gasteiger partial charge on any atom is -0.336 e. The van der Waals surface area contributed by atoms with E-state index in [9.17, 15) is 4.79 Å². The largest absolute Gasteiger partial charge is 0.336 e. The van der Waals surface area contributed by atoms with Crippen LogP contribution in [-0.2, 0) is 18.3 Å². The molecule has 6 heteroatoms. The first-order chi connectivity index (χ1) is 9.74. The molecule has 1 amide bonds. The number of carbonyl (C=O) groups excluding carboxylic acids is 1. The number of amides is 1. The summed E-state index contributed by atoms with van der Waals surface area (Å²) in [5.74, 6) is 0.226. The number of aromatic nitrogens is 3. The van der Waals surface area contributed by atoms with E-state index in [2.05, 4.69) is 10.1 Å². The third-order valence-corrected chi connectivity index (χ3v) is 4.40. The number of likely N-dealkylation sites (tertiary alicyclic amines) is 1. The van der Waals surface area contributed by atoms with Crippen molar-refractivity contribution >= 4 is 17.2 Å². The van der Waals surface area contributed by atoms with Gasteiger partial charge >= 0.3 is 0 Å². The van der Waals surface area contributed by atoms with Gasteiger partial charge in [-0.05, 0) is 19.3 Å². The molecule has 1 saturated heterocycles. The first kappa shape index (κ1) is 13.3. The fourth-order valence-corrected chi connectivity index (χ4v) is 3.36. The lowest BCUT2D eigenvalue weighted by Crippen LogP contribution is -2.30. The Labute approximate surface area is 122 Å². The maximum atomic E-state index is 12.4. The van der Waals surface area contributed by atoms with Crippen molar-refractivity contribution in [2.75, 3.05) is 6.54 Å². The average Bonchev–Trinajstić information content (AvgIpc) is 3.16. The van der Waals surface area contributed by atoms with Crippen LogP contribution in [0, 0.1) is 0 Å². The lowest BCUT2D eigenvalue weighted by molar-refractivity contribution is -0.132. The molecule has 0 radical (unpaired) electrons. The van der Waals surface area contributed by atoms with Gasteiger partial charge in [0.25, 0.3) is 0 Å². The van der Waals surface area contributed by atoms with E-state index in [1.54, 1.807) is 16.0 Å². The van der Waals surface area contributed by atoms with Crippen molar-refractivity contribution in [1.82, 2.24) is 19.7 Å². The Morgan fingerprint density at radius 2 is 2.45 bits per heavy atom. The smallest absolute Gasteiger partial charge is 0.223 e. The zero-order valence-corrected chi connectivity index (χ0v) is 12.3. The molecule has 1 aliphatic heterocycles. The Hall–Kier alpha value is -1.69. The van der Waals surface area contributed by atoms with Gasteiger partial charge in [0, 0.05) is 37.2 Å². The quantitative estimate of drug-likeness (QED) is 0.867. The van der Waals surface area contributed by atoms with E-state index in [1.807, 2.05) is 35.2 Å². The molecule has 0 bridgehead atoms. The molecule has 0 aromatic carbocycles. The maximum absolute atomic E-state index is 12.4. The van der Waals surface area contributed by atoms with Crippen LogP contribution in [0.15, 0.2) is 23.3 Å². The van der Waals surface area contributed by atoms with Crippen LogP contribution in [0.25, 0.3) is 0 Å². The van der Waals surface area contributed by atoms with E-state index in [1.165, 1.54) is 0 Å². The highest BCUT2D eigenvalue weighted by Crippen LogP contribution is 2.32. The number of hydrogen-bond donors (Lipinski definition) is 0. The monoisotopic (exact) mass is 290 g/mol. The van der Waals surface area contributed by atoms with Gasteiger partial charge in [0.1, 0.15) is 0 Å². The minimum absolute atomic E-state index is 0.201. The molecule has 3 heterocycles. The first-order valence-electron chi connectivity index (χ1n) is 6.89. The van der Waals surface area contributed by atoms with E-state index in [0.29, 0.717) is 6.42 Å². The fraction of sp³-hybridized carbons (Fsp3) is 0.500. The van der Waals surface area contributed by atoms with Crippen molar-refractivity contribution in [1.29, 1.82) is 0 Å². The molecule has 2 aromatic rings. The normalized spacial score (nSPS) is 18.6. The second-order valence-electron chi connectivity index (χ2n) is 5.17. The summed E-state index contributed by atoms with van der Waals surface area (Å²) in [6.45, 7) is 0.857. The van der Waals surface area contributed by atoms with E-state index in [4.69, 9.17) is 0 Å². The summed E-state index contributed by atoms with van der Waals surface area (Å²) in [6, 6.07) is 0.201. The standard InChI is InChI=1S/C14H18N4OS/c1-17-8-11(7-16-17)13-3-2-6-18(13)14(19)5-4-12-9-20-10-15-12/h7-10,13H,2-6H2,1H3/t13-/m1/s1. The molecule has 0 saturated carbocycles. The Bertz CT molecular complexity index is 578. The summed E-state index contributed by atoms with van der Waals surface area (Å²) in [6.07, 6.45) is 7.27. The minimum atomic E-state index is 0.201. The van der Waals surface area contributed by atoms with Crippen LogP contribution in [0.2, 0.25) is 0 Å². The lowest BCUT2D eigenvalue weighted by Gasteiger charge is -2.23. The molecule has 5 nitrogen and oxygen atoms in total. The number of thiazole rings is 1. The van der Waals surface area contributed by atoms with Gasteiger partial charge < -0.3 is 4.90 Å². The van der Waals surface area contributed by atoms with Crippen LogP contribution in [0.5, 0.6) is 0 Å². The highest BCUT2D eigenvalue weighted by Gasteiger charge is 2.30. The first-order valence-corrected chi connectivity index (χ1v) is 7.83. The molecule has 0 N–H and O–H groups in total. The van der Waals surface area contributed by atoms with Crippen molar-refractivity contribution in [3.63, 3.8) is 0 Å². The molecule has 0 spiro atoms. The Morgan fingerprint density at radius 1 is 1.55 bits per heavy atom. The van der Waals surface area contributed by atoms with Crippen LogP contribution >= 0.6 is 11.3 Å².